The first-order valence-electron chi connectivity index (χ1n) is 10.7. The molecule has 168 valence electrons. The van der Waals surface area contributed by atoms with Gasteiger partial charge in [0.05, 0.1) is 18.3 Å². The number of anilines is 2. The molecule has 2 aliphatic rings. The number of likely N-dealkylation sites (tertiary alicyclic amines) is 1. The van der Waals surface area contributed by atoms with Crippen LogP contribution in [0.2, 0.25) is 0 Å². The Morgan fingerprint density at radius 2 is 2.06 bits per heavy atom. The number of benzene rings is 1. The van der Waals surface area contributed by atoms with Crippen LogP contribution < -0.4 is 10.2 Å². The summed E-state index contributed by atoms with van der Waals surface area (Å²) >= 11 is 0. The smallest absolute Gasteiger partial charge is 0.322 e. The number of carbonyl (C=O) groups excluding carboxylic acids is 1. The lowest BCUT2D eigenvalue weighted by Gasteiger charge is -2.26. The second kappa shape index (κ2) is 8.01. The fourth-order valence-corrected chi connectivity index (χ4v) is 4.51. The molecule has 0 bridgehead atoms. The zero-order valence-corrected chi connectivity index (χ0v) is 17.6. The quantitative estimate of drug-likeness (QED) is 0.650. The Morgan fingerprint density at radius 3 is 2.84 bits per heavy atom. The van der Waals surface area contributed by atoms with Crippen molar-refractivity contribution in [3.05, 3.63) is 53.4 Å². The summed E-state index contributed by atoms with van der Waals surface area (Å²) in [5.74, 6) is -0.246. The van der Waals surface area contributed by atoms with Gasteiger partial charge in [0, 0.05) is 31.4 Å². The second-order valence-corrected chi connectivity index (χ2v) is 8.41. The number of nitrogens with zero attached hydrogens (tertiary/aromatic N) is 5. The van der Waals surface area contributed by atoms with E-state index in [0.717, 1.165) is 6.42 Å². The highest BCUT2D eigenvalue weighted by molar-refractivity contribution is 5.93. The number of aromatic nitrogens is 3. The van der Waals surface area contributed by atoms with Gasteiger partial charge in [-0.05, 0) is 49.9 Å². The lowest BCUT2D eigenvalue weighted by atomic mass is 10.0. The summed E-state index contributed by atoms with van der Waals surface area (Å²) < 4.78 is 30.4. The van der Waals surface area contributed by atoms with Crippen LogP contribution in [0.1, 0.15) is 36.4 Å². The van der Waals surface area contributed by atoms with Crippen molar-refractivity contribution in [2.45, 2.75) is 38.3 Å². The molecule has 1 aromatic carbocycles. The number of urea groups is 1. The van der Waals surface area contributed by atoms with Crippen LogP contribution in [0.5, 0.6) is 0 Å². The molecule has 2 aliphatic heterocycles. The van der Waals surface area contributed by atoms with Crippen molar-refractivity contribution in [1.82, 2.24) is 19.5 Å². The van der Waals surface area contributed by atoms with E-state index in [1.54, 1.807) is 28.6 Å². The van der Waals surface area contributed by atoms with Gasteiger partial charge < -0.3 is 20.2 Å². The first-order chi connectivity index (χ1) is 15.4. The topological polar surface area (TPSA) is 86.0 Å². The maximum Gasteiger partial charge on any atom is 0.322 e. The molecule has 0 radical (unpaired) electrons. The first-order valence-corrected chi connectivity index (χ1v) is 10.7. The molecule has 32 heavy (non-hydrogen) atoms. The number of rotatable bonds is 3. The molecule has 0 saturated carbocycles. The van der Waals surface area contributed by atoms with Crippen LogP contribution in [-0.2, 0) is 0 Å². The van der Waals surface area contributed by atoms with Gasteiger partial charge in [0.15, 0.2) is 5.65 Å². The van der Waals surface area contributed by atoms with Gasteiger partial charge in [-0.1, -0.05) is 0 Å². The minimum absolute atomic E-state index is 0.278. The molecule has 0 unspecified atom stereocenters. The minimum atomic E-state index is -0.506. The SMILES string of the molecule is Cc1cc(F)c([C@H]2CCCN2c2ccn3ncc(NC(=O)N4CC[C@H](O)C4)c3n2)cc1F. The number of β-amino-alcohol motifs (C(OH)–C–C–N with tert-alkyl or cyclic N) is 1. The Hall–Kier alpha value is -3.27. The predicted octanol–water partition coefficient (Wildman–Crippen LogP) is 3.26. The zero-order chi connectivity index (χ0) is 22.4. The van der Waals surface area contributed by atoms with E-state index in [2.05, 4.69) is 15.4 Å². The first kappa shape index (κ1) is 20.6. The summed E-state index contributed by atoms with van der Waals surface area (Å²) in [5, 5.41) is 16.7. The van der Waals surface area contributed by atoms with Gasteiger partial charge in [-0.2, -0.15) is 5.10 Å². The summed E-state index contributed by atoms with van der Waals surface area (Å²) in [6.07, 6.45) is 4.81. The Balaban J connectivity index is 1.44. The van der Waals surface area contributed by atoms with E-state index in [1.165, 1.54) is 18.3 Å². The maximum absolute atomic E-state index is 14.7. The summed E-state index contributed by atoms with van der Waals surface area (Å²) in [6, 6.07) is 3.65. The van der Waals surface area contributed by atoms with Crippen LogP contribution in [0.15, 0.2) is 30.6 Å². The number of carbonyl (C=O) groups is 1. The van der Waals surface area contributed by atoms with Crippen molar-refractivity contribution in [2.75, 3.05) is 29.9 Å². The van der Waals surface area contributed by atoms with Crippen molar-refractivity contribution in [3.63, 3.8) is 0 Å². The average molecular weight is 442 g/mol. The number of hydrogen-bond donors (Lipinski definition) is 2. The third-order valence-corrected chi connectivity index (χ3v) is 6.23. The summed E-state index contributed by atoms with van der Waals surface area (Å²) in [4.78, 5) is 20.7. The molecule has 2 atom stereocenters. The van der Waals surface area contributed by atoms with E-state index in [4.69, 9.17) is 0 Å². The molecule has 0 spiro atoms. The lowest BCUT2D eigenvalue weighted by molar-refractivity contribution is 0.176. The van der Waals surface area contributed by atoms with Gasteiger partial charge >= 0.3 is 6.03 Å². The highest BCUT2D eigenvalue weighted by Crippen LogP contribution is 2.37. The molecule has 2 fully saturated rings. The Morgan fingerprint density at radius 1 is 1.22 bits per heavy atom. The van der Waals surface area contributed by atoms with E-state index in [9.17, 15) is 18.7 Å². The molecule has 5 rings (SSSR count). The van der Waals surface area contributed by atoms with Crippen LogP contribution >= 0.6 is 0 Å². The van der Waals surface area contributed by atoms with Crippen LogP contribution in [-0.4, -0.2) is 56.4 Å². The maximum atomic E-state index is 14.7. The molecule has 2 saturated heterocycles. The van der Waals surface area contributed by atoms with Gasteiger partial charge in [-0.15, -0.1) is 0 Å². The van der Waals surface area contributed by atoms with Crippen LogP contribution in [0.4, 0.5) is 25.1 Å². The summed E-state index contributed by atoms with van der Waals surface area (Å²) in [6.45, 7) is 2.98. The van der Waals surface area contributed by atoms with E-state index < -0.39 is 17.7 Å². The summed E-state index contributed by atoms with van der Waals surface area (Å²) in [5.41, 5.74) is 1.50. The molecule has 8 nitrogen and oxygen atoms in total. The Labute approximate surface area is 183 Å². The average Bonchev–Trinajstić information content (AvgIpc) is 3.50. The Kier molecular flexibility index (Phi) is 5.16. The number of fused-ring (bicyclic) bond motifs is 1. The predicted molar refractivity (Wildman–Crippen MR) is 115 cm³/mol. The van der Waals surface area contributed by atoms with Gasteiger partial charge in [-0.3, -0.25) is 0 Å². The van der Waals surface area contributed by atoms with Gasteiger partial charge in [0.2, 0.25) is 0 Å². The van der Waals surface area contributed by atoms with Crippen molar-refractivity contribution in [1.29, 1.82) is 0 Å². The lowest BCUT2D eigenvalue weighted by Crippen LogP contribution is -2.33. The monoisotopic (exact) mass is 442 g/mol. The highest BCUT2D eigenvalue weighted by atomic mass is 19.1. The molecule has 0 aliphatic carbocycles. The van der Waals surface area contributed by atoms with Crippen LogP contribution in [0.25, 0.3) is 5.65 Å². The van der Waals surface area contributed by atoms with Crippen molar-refractivity contribution in [2.24, 2.45) is 0 Å². The largest absolute Gasteiger partial charge is 0.391 e. The van der Waals surface area contributed by atoms with Gasteiger partial charge in [-0.25, -0.2) is 23.1 Å². The number of aliphatic hydroxyl groups excluding tert-OH is 1. The van der Waals surface area contributed by atoms with Crippen molar-refractivity contribution < 1.29 is 18.7 Å². The third kappa shape index (κ3) is 3.64. The normalized spacial score (nSPS) is 21.0. The number of aliphatic hydroxyl groups is 1. The van der Waals surface area contributed by atoms with E-state index in [1.807, 2.05) is 4.90 Å². The minimum Gasteiger partial charge on any atom is -0.391 e. The summed E-state index contributed by atoms with van der Waals surface area (Å²) in [7, 11) is 0. The standard InChI is InChI=1S/C22H24F2N6O2/c1-13-9-17(24)15(10-16(13)23)19-3-2-6-29(19)20-5-8-30-21(27-20)18(11-25-30)26-22(32)28-7-4-14(31)12-28/h5,8-11,14,19,31H,2-4,6-7,12H2,1H3,(H,26,32)/t14-,19+/m0/s1. The third-order valence-electron chi connectivity index (χ3n) is 6.23. The molecular formula is C22H24F2N6O2. The number of aryl methyl sites for hydroxylation is 1. The van der Waals surface area contributed by atoms with Crippen LogP contribution in [0.3, 0.4) is 0 Å². The number of hydrogen-bond acceptors (Lipinski definition) is 5. The zero-order valence-electron chi connectivity index (χ0n) is 17.6. The van der Waals surface area contributed by atoms with E-state index in [0.29, 0.717) is 48.6 Å². The Bertz CT molecular complexity index is 1180. The molecule has 10 heteroatoms. The fraction of sp³-hybridized carbons (Fsp3) is 0.409. The van der Waals surface area contributed by atoms with Crippen LogP contribution in [0, 0.1) is 18.6 Å². The number of halogens is 2. The molecule has 2 amide bonds. The number of nitrogens with one attached hydrogen (secondary N) is 1. The molecular weight excluding hydrogens is 418 g/mol. The van der Waals surface area contributed by atoms with E-state index >= 15 is 0 Å². The fourth-order valence-electron chi connectivity index (χ4n) is 4.51. The van der Waals surface area contributed by atoms with Gasteiger partial charge in [0.1, 0.15) is 23.1 Å². The number of amides is 2. The highest BCUT2D eigenvalue weighted by Gasteiger charge is 2.31. The van der Waals surface area contributed by atoms with E-state index in [-0.39, 0.29) is 24.2 Å². The molecule has 2 N–H and O–H groups in total. The molecule has 3 aromatic rings. The van der Waals surface area contributed by atoms with Crippen molar-refractivity contribution >= 4 is 23.2 Å². The van der Waals surface area contributed by atoms with Crippen molar-refractivity contribution in [3.8, 4) is 0 Å². The molecule has 2 aromatic heterocycles. The second-order valence-electron chi connectivity index (χ2n) is 8.41. The van der Waals surface area contributed by atoms with Gasteiger partial charge in [0.25, 0.3) is 0 Å². The molecule has 4 heterocycles.